The van der Waals surface area contributed by atoms with E-state index in [4.69, 9.17) is 4.74 Å². The molecule has 0 spiro atoms. The highest BCUT2D eigenvalue weighted by molar-refractivity contribution is 5.71. The molecule has 2 rings (SSSR count). The van der Waals surface area contributed by atoms with E-state index in [2.05, 4.69) is 20.8 Å². The van der Waals surface area contributed by atoms with Crippen LogP contribution in [-0.4, -0.2) is 18.2 Å². The molecule has 0 aliphatic rings. The zero-order valence-electron chi connectivity index (χ0n) is 15.1. The molecule has 2 aromatic carbocycles. The van der Waals surface area contributed by atoms with Crippen LogP contribution in [0.3, 0.4) is 0 Å². The van der Waals surface area contributed by atoms with Gasteiger partial charge in [0.1, 0.15) is 5.75 Å². The van der Waals surface area contributed by atoms with Crippen molar-refractivity contribution >= 4 is 5.97 Å². The Balaban J connectivity index is 2.79. The van der Waals surface area contributed by atoms with Crippen molar-refractivity contribution in [2.75, 3.05) is 7.11 Å². The van der Waals surface area contributed by atoms with Gasteiger partial charge in [0.25, 0.3) is 0 Å². The maximum absolute atomic E-state index is 11.8. The fourth-order valence-electron chi connectivity index (χ4n) is 3.46. The Morgan fingerprint density at radius 3 is 2.17 bits per heavy atom. The van der Waals surface area contributed by atoms with E-state index in [-0.39, 0.29) is 11.8 Å². The molecule has 0 fully saturated rings. The third-order valence-electron chi connectivity index (χ3n) is 4.80. The summed E-state index contributed by atoms with van der Waals surface area (Å²) in [5, 5.41) is 9.68. The molecule has 0 aromatic heterocycles. The number of hydrogen-bond acceptors (Lipinski definition) is 2. The minimum absolute atomic E-state index is 0.0206. The maximum Gasteiger partial charge on any atom is 0.304 e. The lowest BCUT2D eigenvalue weighted by molar-refractivity contribution is -0.139. The quantitative estimate of drug-likeness (QED) is 0.857. The van der Waals surface area contributed by atoms with Gasteiger partial charge in [0.05, 0.1) is 13.5 Å². The average molecular weight is 326 g/mol. The molecule has 0 heterocycles. The molecule has 1 N–H and O–H groups in total. The second-order valence-corrected chi connectivity index (χ2v) is 7.32. The van der Waals surface area contributed by atoms with Gasteiger partial charge in [-0.05, 0) is 35.6 Å². The van der Waals surface area contributed by atoms with E-state index in [1.165, 1.54) is 0 Å². The molecule has 3 heteroatoms. The molecule has 0 radical (unpaired) electrons. The van der Waals surface area contributed by atoms with Crippen molar-refractivity contribution in [2.45, 2.75) is 39.5 Å². The smallest absolute Gasteiger partial charge is 0.304 e. The Hall–Kier alpha value is -2.29. The first kappa shape index (κ1) is 18.1. The standard InChI is InChI=1S/C21H26O3/c1-15-9-11-16(12-10-15)21(14-19(22)23,20(2,3)4)17-7-6-8-18(13-17)24-5/h6-13H,14H2,1-5H3,(H,22,23). The minimum Gasteiger partial charge on any atom is -0.497 e. The van der Waals surface area contributed by atoms with Gasteiger partial charge in [0.2, 0.25) is 0 Å². The molecule has 1 unspecified atom stereocenters. The number of methoxy groups -OCH3 is 1. The van der Waals surface area contributed by atoms with E-state index < -0.39 is 11.4 Å². The van der Waals surface area contributed by atoms with E-state index in [0.29, 0.717) is 0 Å². The highest BCUT2D eigenvalue weighted by Crippen LogP contribution is 2.50. The van der Waals surface area contributed by atoms with Gasteiger partial charge in [-0.1, -0.05) is 62.7 Å². The zero-order chi connectivity index (χ0) is 18.0. The van der Waals surface area contributed by atoms with E-state index >= 15 is 0 Å². The number of carboxylic acids is 1. The van der Waals surface area contributed by atoms with Gasteiger partial charge in [0, 0.05) is 5.41 Å². The summed E-state index contributed by atoms with van der Waals surface area (Å²) in [6.07, 6.45) is 0.0206. The summed E-state index contributed by atoms with van der Waals surface area (Å²) in [6.45, 7) is 8.31. The minimum atomic E-state index is -0.812. The van der Waals surface area contributed by atoms with Crippen LogP contribution in [0.5, 0.6) is 5.75 Å². The Bertz CT molecular complexity index is 711. The predicted molar refractivity (Wildman–Crippen MR) is 96.7 cm³/mol. The lowest BCUT2D eigenvalue weighted by Gasteiger charge is -2.45. The molecular formula is C21H26O3. The first-order valence-electron chi connectivity index (χ1n) is 8.14. The highest BCUT2D eigenvalue weighted by Gasteiger charge is 2.46. The number of aryl methyl sites for hydroxylation is 1. The fourth-order valence-corrected chi connectivity index (χ4v) is 3.46. The third-order valence-corrected chi connectivity index (χ3v) is 4.80. The van der Waals surface area contributed by atoms with E-state index in [1.807, 2.05) is 55.5 Å². The topological polar surface area (TPSA) is 46.5 Å². The molecule has 24 heavy (non-hydrogen) atoms. The second-order valence-electron chi connectivity index (χ2n) is 7.32. The van der Waals surface area contributed by atoms with Crippen molar-refractivity contribution < 1.29 is 14.6 Å². The van der Waals surface area contributed by atoms with Gasteiger partial charge < -0.3 is 9.84 Å². The lowest BCUT2D eigenvalue weighted by Crippen LogP contribution is -2.43. The summed E-state index contributed by atoms with van der Waals surface area (Å²) in [5.41, 5.74) is 2.17. The van der Waals surface area contributed by atoms with Gasteiger partial charge in [-0.3, -0.25) is 4.79 Å². The summed E-state index contributed by atoms with van der Waals surface area (Å²) >= 11 is 0. The summed E-state index contributed by atoms with van der Waals surface area (Å²) in [6, 6.07) is 15.9. The number of aliphatic carboxylic acids is 1. The van der Waals surface area contributed by atoms with E-state index in [9.17, 15) is 9.90 Å². The molecule has 0 amide bonds. The summed E-state index contributed by atoms with van der Waals surface area (Å²) < 4.78 is 5.38. The van der Waals surface area contributed by atoms with E-state index in [0.717, 1.165) is 22.4 Å². The normalized spacial score (nSPS) is 14.0. The van der Waals surface area contributed by atoms with Gasteiger partial charge in [-0.25, -0.2) is 0 Å². The van der Waals surface area contributed by atoms with Crippen molar-refractivity contribution in [2.24, 2.45) is 5.41 Å². The summed E-state index contributed by atoms with van der Waals surface area (Å²) in [7, 11) is 1.63. The van der Waals surface area contributed by atoms with Crippen LogP contribution in [0.25, 0.3) is 0 Å². The molecular weight excluding hydrogens is 300 g/mol. The summed E-state index contributed by atoms with van der Waals surface area (Å²) in [5.74, 6) is -0.0769. The van der Waals surface area contributed by atoms with Crippen LogP contribution < -0.4 is 4.74 Å². The van der Waals surface area contributed by atoms with Crippen molar-refractivity contribution in [1.82, 2.24) is 0 Å². The van der Waals surface area contributed by atoms with Gasteiger partial charge in [-0.15, -0.1) is 0 Å². The van der Waals surface area contributed by atoms with Crippen molar-refractivity contribution in [3.05, 3.63) is 65.2 Å². The lowest BCUT2D eigenvalue weighted by atomic mass is 9.57. The fraction of sp³-hybridized carbons (Fsp3) is 0.381. The molecule has 2 aromatic rings. The summed E-state index contributed by atoms with van der Waals surface area (Å²) in [4.78, 5) is 11.8. The Kier molecular flexibility index (Phi) is 5.02. The largest absolute Gasteiger partial charge is 0.497 e. The monoisotopic (exact) mass is 326 g/mol. The molecule has 0 saturated heterocycles. The van der Waals surface area contributed by atoms with Crippen LogP contribution in [0.4, 0.5) is 0 Å². The maximum atomic E-state index is 11.8. The molecule has 0 bridgehead atoms. The Labute approximate surface area is 144 Å². The molecule has 0 aliphatic heterocycles. The van der Waals surface area contributed by atoms with Crippen LogP contribution in [0.2, 0.25) is 0 Å². The number of benzene rings is 2. The number of carbonyl (C=O) groups is 1. The van der Waals surface area contributed by atoms with E-state index in [1.54, 1.807) is 7.11 Å². The second kappa shape index (κ2) is 6.68. The van der Waals surface area contributed by atoms with Crippen LogP contribution >= 0.6 is 0 Å². The molecule has 1 atom stereocenters. The van der Waals surface area contributed by atoms with Crippen molar-refractivity contribution in [1.29, 1.82) is 0 Å². The van der Waals surface area contributed by atoms with Crippen LogP contribution in [0.1, 0.15) is 43.9 Å². The molecule has 3 nitrogen and oxygen atoms in total. The number of hydrogen-bond donors (Lipinski definition) is 1. The van der Waals surface area contributed by atoms with Crippen LogP contribution in [0.15, 0.2) is 48.5 Å². The Morgan fingerprint density at radius 1 is 1.04 bits per heavy atom. The predicted octanol–water partition coefficient (Wildman–Crippen LogP) is 4.81. The number of ether oxygens (including phenoxy) is 1. The van der Waals surface area contributed by atoms with Crippen LogP contribution in [0, 0.1) is 12.3 Å². The van der Waals surface area contributed by atoms with Gasteiger partial charge in [-0.2, -0.15) is 0 Å². The van der Waals surface area contributed by atoms with Gasteiger partial charge >= 0.3 is 5.97 Å². The molecule has 0 aliphatic carbocycles. The van der Waals surface area contributed by atoms with Crippen molar-refractivity contribution in [3.8, 4) is 5.75 Å². The van der Waals surface area contributed by atoms with Crippen molar-refractivity contribution in [3.63, 3.8) is 0 Å². The SMILES string of the molecule is COc1cccc(C(CC(=O)O)(c2ccc(C)cc2)C(C)(C)C)c1. The Morgan fingerprint density at radius 2 is 1.67 bits per heavy atom. The van der Waals surface area contributed by atoms with Gasteiger partial charge in [0.15, 0.2) is 0 Å². The number of carboxylic acid groups (broad SMARTS) is 1. The first-order chi connectivity index (χ1) is 11.2. The molecule has 0 saturated carbocycles. The third kappa shape index (κ3) is 3.30. The number of rotatable bonds is 5. The van der Waals surface area contributed by atoms with Crippen LogP contribution in [-0.2, 0) is 10.2 Å². The average Bonchev–Trinajstić information content (AvgIpc) is 2.52. The first-order valence-corrected chi connectivity index (χ1v) is 8.14. The zero-order valence-corrected chi connectivity index (χ0v) is 15.1. The highest BCUT2D eigenvalue weighted by atomic mass is 16.5. The molecule has 128 valence electrons.